The first-order valence-electron chi connectivity index (χ1n) is 9.97. The maximum Gasteiger partial charge on any atom is 0.270 e. The van der Waals surface area contributed by atoms with E-state index in [0.717, 1.165) is 21.9 Å². The Morgan fingerprint density at radius 2 is 1.72 bits per heavy atom. The van der Waals surface area contributed by atoms with Crippen LogP contribution in [0.4, 0.5) is 5.69 Å². The Bertz CT molecular complexity index is 1310. The first-order chi connectivity index (χ1) is 15.3. The summed E-state index contributed by atoms with van der Waals surface area (Å²) >= 11 is 5.35. The fourth-order valence-corrected chi connectivity index (χ4v) is 4.01. The lowest BCUT2D eigenvalue weighted by molar-refractivity contribution is -0.122. The molecule has 0 unspecified atom stereocenters. The first-order valence-corrected chi connectivity index (χ1v) is 10.4. The smallest absolute Gasteiger partial charge is 0.270 e. The van der Waals surface area contributed by atoms with Gasteiger partial charge < -0.3 is 9.47 Å². The number of rotatable bonds is 4. The van der Waals surface area contributed by atoms with Crippen LogP contribution in [0.3, 0.4) is 0 Å². The summed E-state index contributed by atoms with van der Waals surface area (Å²) in [6, 6.07) is 15.1. The molecule has 0 aliphatic carbocycles. The van der Waals surface area contributed by atoms with Gasteiger partial charge in [0.1, 0.15) is 17.1 Å². The molecule has 0 atom stereocenters. The van der Waals surface area contributed by atoms with Crippen LogP contribution in [0.1, 0.15) is 16.7 Å². The summed E-state index contributed by atoms with van der Waals surface area (Å²) in [4.78, 5) is 27.7. The van der Waals surface area contributed by atoms with E-state index < -0.39 is 11.8 Å². The topological polar surface area (TPSA) is 67.9 Å². The minimum absolute atomic E-state index is 0.0341. The molecule has 32 heavy (non-hydrogen) atoms. The molecule has 0 bridgehead atoms. The van der Waals surface area contributed by atoms with Gasteiger partial charge in [0.2, 0.25) is 0 Å². The van der Waals surface area contributed by atoms with Crippen LogP contribution in [0.25, 0.3) is 16.8 Å². The zero-order valence-electron chi connectivity index (χ0n) is 18.2. The minimum atomic E-state index is -0.552. The molecular weight excluding hydrogens is 424 g/mol. The Morgan fingerprint density at radius 3 is 2.44 bits per heavy atom. The number of thiocarbonyl (C=S) groups is 1. The number of aryl methyl sites for hydroxylation is 2. The molecule has 1 aliphatic rings. The van der Waals surface area contributed by atoms with Crippen molar-refractivity contribution in [1.82, 2.24) is 5.32 Å². The number of methoxy groups -OCH3 is 2. The summed E-state index contributed by atoms with van der Waals surface area (Å²) in [6.45, 7) is 3.83. The van der Waals surface area contributed by atoms with Crippen molar-refractivity contribution in [2.24, 2.45) is 0 Å². The van der Waals surface area contributed by atoms with Crippen molar-refractivity contribution in [3.8, 4) is 11.5 Å². The van der Waals surface area contributed by atoms with E-state index in [1.165, 1.54) is 4.90 Å². The molecule has 0 radical (unpaired) electrons. The van der Waals surface area contributed by atoms with Gasteiger partial charge in [0.25, 0.3) is 11.8 Å². The Labute approximate surface area is 191 Å². The van der Waals surface area contributed by atoms with Crippen LogP contribution >= 0.6 is 12.2 Å². The molecule has 0 aromatic heterocycles. The van der Waals surface area contributed by atoms with Crippen LogP contribution < -0.4 is 19.7 Å². The number of carbonyl (C=O) groups excluding carboxylic acids is 2. The number of benzene rings is 3. The van der Waals surface area contributed by atoms with Gasteiger partial charge in [-0.2, -0.15) is 0 Å². The summed E-state index contributed by atoms with van der Waals surface area (Å²) in [5, 5.41) is 4.42. The van der Waals surface area contributed by atoms with Crippen LogP contribution in [-0.4, -0.2) is 31.1 Å². The number of hydrogen-bond donors (Lipinski definition) is 1. The van der Waals surface area contributed by atoms with Crippen molar-refractivity contribution in [2.45, 2.75) is 13.8 Å². The fourth-order valence-electron chi connectivity index (χ4n) is 3.74. The quantitative estimate of drug-likeness (QED) is 0.368. The molecule has 0 saturated carbocycles. The van der Waals surface area contributed by atoms with Gasteiger partial charge in [-0.3, -0.25) is 19.8 Å². The average molecular weight is 447 g/mol. The van der Waals surface area contributed by atoms with E-state index in [2.05, 4.69) is 5.32 Å². The molecule has 1 aliphatic heterocycles. The second-order valence-electron chi connectivity index (χ2n) is 7.52. The monoisotopic (exact) mass is 446 g/mol. The second kappa shape index (κ2) is 8.43. The Balaban J connectivity index is 1.90. The van der Waals surface area contributed by atoms with Crippen molar-refractivity contribution in [3.05, 3.63) is 70.8 Å². The molecule has 6 nitrogen and oxygen atoms in total. The number of nitrogens with one attached hydrogen (secondary N) is 1. The van der Waals surface area contributed by atoms with Crippen molar-refractivity contribution >= 4 is 51.7 Å². The van der Waals surface area contributed by atoms with E-state index >= 15 is 0 Å². The van der Waals surface area contributed by atoms with Gasteiger partial charge in [-0.1, -0.05) is 24.3 Å². The van der Waals surface area contributed by atoms with Crippen LogP contribution in [0.2, 0.25) is 0 Å². The molecule has 1 fully saturated rings. The van der Waals surface area contributed by atoms with Crippen molar-refractivity contribution in [2.75, 3.05) is 19.1 Å². The standard InChI is InChI=1S/C25H22N2O4S/c1-14-5-6-15(2)21(11-14)27-24(29)20(23(28)26-25(27)32)13-19-18-12-17(30-3)9-7-16(18)8-10-22(19)31-4/h5-13H,1-4H3,(H,26,28,32)/b20-13+. The second-order valence-corrected chi connectivity index (χ2v) is 7.90. The Kier molecular flexibility index (Phi) is 5.67. The van der Waals surface area contributed by atoms with Crippen molar-refractivity contribution in [1.29, 1.82) is 0 Å². The van der Waals surface area contributed by atoms with E-state index in [1.807, 2.05) is 56.3 Å². The van der Waals surface area contributed by atoms with Gasteiger partial charge in [0.15, 0.2) is 5.11 Å². The molecule has 4 rings (SSSR count). The molecule has 7 heteroatoms. The van der Waals surface area contributed by atoms with Crippen molar-refractivity contribution in [3.63, 3.8) is 0 Å². The SMILES string of the molecule is COc1ccc2ccc(OC)c(/C=C3\C(=O)NC(=S)N(c4cc(C)ccc4C)C3=O)c2c1. The van der Waals surface area contributed by atoms with E-state index in [4.69, 9.17) is 21.7 Å². The fraction of sp³-hybridized carbons (Fsp3) is 0.160. The largest absolute Gasteiger partial charge is 0.497 e. The van der Waals surface area contributed by atoms with Gasteiger partial charge in [-0.15, -0.1) is 0 Å². The van der Waals surface area contributed by atoms with Gasteiger partial charge in [-0.05, 0) is 78.3 Å². The molecule has 3 aromatic carbocycles. The van der Waals surface area contributed by atoms with Crippen LogP contribution in [0.5, 0.6) is 11.5 Å². The summed E-state index contributed by atoms with van der Waals surface area (Å²) < 4.78 is 10.9. The molecule has 0 spiro atoms. The molecule has 1 saturated heterocycles. The summed E-state index contributed by atoms with van der Waals surface area (Å²) in [6.07, 6.45) is 1.55. The third kappa shape index (κ3) is 3.71. The average Bonchev–Trinajstić information content (AvgIpc) is 2.78. The van der Waals surface area contributed by atoms with E-state index in [-0.39, 0.29) is 10.7 Å². The van der Waals surface area contributed by atoms with Gasteiger partial charge >= 0.3 is 0 Å². The number of carbonyl (C=O) groups is 2. The lowest BCUT2D eigenvalue weighted by Gasteiger charge is -2.30. The summed E-state index contributed by atoms with van der Waals surface area (Å²) in [5.74, 6) is 0.145. The number of fused-ring (bicyclic) bond motifs is 1. The summed E-state index contributed by atoms with van der Waals surface area (Å²) in [5.41, 5.74) is 3.06. The maximum atomic E-state index is 13.5. The molecule has 162 valence electrons. The van der Waals surface area contributed by atoms with Crippen LogP contribution in [-0.2, 0) is 9.59 Å². The number of ether oxygens (including phenoxy) is 2. The van der Waals surface area contributed by atoms with Crippen LogP contribution in [0.15, 0.2) is 54.1 Å². The molecule has 1 N–H and O–H groups in total. The van der Waals surface area contributed by atoms with E-state index in [0.29, 0.717) is 22.7 Å². The van der Waals surface area contributed by atoms with Gasteiger partial charge in [-0.25, -0.2) is 0 Å². The minimum Gasteiger partial charge on any atom is -0.497 e. The third-order valence-corrected chi connectivity index (χ3v) is 5.73. The zero-order chi connectivity index (χ0) is 23.0. The Morgan fingerprint density at radius 1 is 0.969 bits per heavy atom. The first kappa shape index (κ1) is 21.5. The highest BCUT2D eigenvalue weighted by Crippen LogP contribution is 2.34. The lowest BCUT2D eigenvalue weighted by Crippen LogP contribution is -2.54. The molecular formula is C25H22N2O4S. The number of nitrogens with zero attached hydrogens (tertiary/aromatic N) is 1. The predicted molar refractivity (Wildman–Crippen MR) is 129 cm³/mol. The molecule has 1 heterocycles. The molecule has 2 amide bonds. The van der Waals surface area contributed by atoms with Crippen molar-refractivity contribution < 1.29 is 19.1 Å². The highest BCUT2D eigenvalue weighted by molar-refractivity contribution is 7.80. The number of hydrogen-bond acceptors (Lipinski definition) is 5. The van der Waals surface area contributed by atoms with Gasteiger partial charge in [0, 0.05) is 5.56 Å². The number of amides is 2. The van der Waals surface area contributed by atoms with Crippen LogP contribution in [0, 0.1) is 13.8 Å². The summed E-state index contributed by atoms with van der Waals surface area (Å²) in [7, 11) is 3.13. The normalized spacial score (nSPS) is 15.3. The highest BCUT2D eigenvalue weighted by atomic mass is 32.1. The molecule has 3 aromatic rings. The Hall–Kier alpha value is -3.71. The highest BCUT2D eigenvalue weighted by Gasteiger charge is 2.35. The van der Waals surface area contributed by atoms with E-state index in [9.17, 15) is 9.59 Å². The predicted octanol–water partition coefficient (Wildman–Crippen LogP) is 4.31. The van der Waals surface area contributed by atoms with E-state index in [1.54, 1.807) is 26.4 Å². The maximum absolute atomic E-state index is 13.5. The number of anilines is 1. The van der Waals surface area contributed by atoms with Gasteiger partial charge in [0.05, 0.1) is 19.9 Å². The zero-order valence-corrected chi connectivity index (χ0v) is 19.0. The third-order valence-electron chi connectivity index (χ3n) is 5.45. The lowest BCUT2D eigenvalue weighted by atomic mass is 9.99.